The molecule has 2 rings (SSSR count). The zero-order valence-corrected chi connectivity index (χ0v) is 12.0. The third-order valence-electron chi connectivity index (χ3n) is 2.76. The lowest BCUT2D eigenvalue weighted by Crippen LogP contribution is -2.29. The van der Waals surface area contributed by atoms with E-state index < -0.39 is 6.10 Å². The number of aliphatic hydroxyl groups excluding tert-OH is 1. The number of amides is 1. The number of nitrogens with one attached hydrogen (secondary N) is 1. The van der Waals surface area contributed by atoms with Crippen LogP contribution in [-0.2, 0) is 4.79 Å². The molecule has 0 radical (unpaired) electrons. The molecule has 0 spiro atoms. The van der Waals surface area contributed by atoms with Crippen molar-refractivity contribution in [2.24, 2.45) is 0 Å². The monoisotopic (exact) mass is 309 g/mol. The van der Waals surface area contributed by atoms with Crippen LogP contribution in [0.15, 0.2) is 47.1 Å². The van der Waals surface area contributed by atoms with Crippen LogP contribution in [0.1, 0.15) is 18.3 Å². The van der Waals surface area contributed by atoms with Gasteiger partial charge in [0.05, 0.1) is 25.8 Å². The normalized spacial score (nSPS) is 11.9. The maximum Gasteiger partial charge on any atom is 0.223 e. The highest BCUT2D eigenvalue weighted by molar-refractivity contribution is 6.30. The molecule has 1 aromatic heterocycles. The molecule has 21 heavy (non-hydrogen) atoms. The van der Waals surface area contributed by atoms with Crippen molar-refractivity contribution in [1.29, 1.82) is 0 Å². The molecular formula is C15H16ClNO4. The van der Waals surface area contributed by atoms with Crippen LogP contribution in [0.25, 0.3) is 0 Å². The van der Waals surface area contributed by atoms with Gasteiger partial charge in [-0.15, -0.1) is 0 Å². The maximum atomic E-state index is 11.6. The summed E-state index contributed by atoms with van der Waals surface area (Å²) in [5.41, 5.74) is 0. The molecule has 2 N–H and O–H groups in total. The first-order valence-electron chi connectivity index (χ1n) is 6.51. The number of ether oxygens (including phenoxy) is 1. The molecule has 1 aromatic carbocycles. The minimum absolute atomic E-state index is 0.101. The minimum Gasteiger partial charge on any atom is -0.493 e. The Morgan fingerprint density at radius 2 is 2.24 bits per heavy atom. The van der Waals surface area contributed by atoms with Crippen LogP contribution in [0.4, 0.5) is 0 Å². The van der Waals surface area contributed by atoms with Crippen molar-refractivity contribution < 1.29 is 19.1 Å². The van der Waals surface area contributed by atoms with Gasteiger partial charge in [-0.1, -0.05) is 17.7 Å². The quantitative estimate of drug-likeness (QED) is 0.824. The lowest BCUT2D eigenvalue weighted by molar-refractivity contribution is -0.122. The Bertz CT molecular complexity index is 571. The molecule has 0 aliphatic rings. The number of hydrogen-bond donors (Lipinski definition) is 2. The molecule has 2 aromatic rings. The predicted molar refractivity (Wildman–Crippen MR) is 78.2 cm³/mol. The van der Waals surface area contributed by atoms with Crippen LogP contribution in [0, 0.1) is 0 Å². The molecule has 1 unspecified atom stereocenters. The van der Waals surface area contributed by atoms with E-state index >= 15 is 0 Å². The Morgan fingerprint density at radius 3 is 2.95 bits per heavy atom. The maximum absolute atomic E-state index is 11.6. The van der Waals surface area contributed by atoms with E-state index in [1.807, 2.05) is 0 Å². The van der Waals surface area contributed by atoms with Crippen LogP contribution in [0.2, 0.25) is 5.02 Å². The van der Waals surface area contributed by atoms with Crippen molar-refractivity contribution in [2.75, 3.05) is 13.2 Å². The van der Waals surface area contributed by atoms with E-state index in [1.165, 1.54) is 6.26 Å². The summed E-state index contributed by atoms with van der Waals surface area (Å²) in [6.07, 6.45) is 0.814. The van der Waals surface area contributed by atoms with E-state index in [1.54, 1.807) is 36.4 Å². The lowest BCUT2D eigenvalue weighted by atomic mass is 10.2. The predicted octanol–water partition coefficient (Wildman–Crippen LogP) is 2.55. The average Bonchev–Trinajstić information content (AvgIpc) is 2.99. The molecule has 0 saturated heterocycles. The van der Waals surface area contributed by atoms with Crippen LogP contribution >= 0.6 is 11.6 Å². The second kappa shape index (κ2) is 7.71. The van der Waals surface area contributed by atoms with Gasteiger partial charge >= 0.3 is 0 Å². The van der Waals surface area contributed by atoms with Crippen molar-refractivity contribution >= 4 is 17.5 Å². The van der Waals surface area contributed by atoms with Gasteiger partial charge in [0.25, 0.3) is 0 Å². The zero-order valence-electron chi connectivity index (χ0n) is 11.3. The number of carbonyl (C=O) groups excluding carboxylic acids is 1. The Balaban J connectivity index is 1.66. The van der Waals surface area contributed by atoms with E-state index in [-0.39, 0.29) is 25.5 Å². The molecular weight excluding hydrogens is 294 g/mol. The number of rotatable bonds is 7. The van der Waals surface area contributed by atoms with Crippen molar-refractivity contribution in [3.05, 3.63) is 53.4 Å². The summed E-state index contributed by atoms with van der Waals surface area (Å²) in [6.45, 7) is 0.340. The lowest BCUT2D eigenvalue weighted by Gasteiger charge is -2.10. The van der Waals surface area contributed by atoms with Crippen LogP contribution in [0.5, 0.6) is 5.75 Å². The molecule has 112 valence electrons. The molecule has 1 heterocycles. The highest BCUT2D eigenvalue weighted by Gasteiger charge is 2.11. The van der Waals surface area contributed by atoms with Crippen LogP contribution in [-0.4, -0.2) is 24.2 Å². The van der Waals surface area contributed by atoms with E-state index in [2.05, 4.69) is 5.32 Å². The zero-order chi connectivity index (χ0) is 15.1. The van der Waals surface area contributed by atoms with Gasteiger partial charge in [0.15, 0.2) is 0 Å². The van der Waals surface area contributed by atoms with Gasteiger partial charge in [0.1, 0.15) is 17.6 Å². The summed E-state index contributed by atoms with van der Waals surface area (Å²) < 4.78 is 10.4. The number of benzene rings is 1. The molecule has 6 heteroatoms. The van der Waals surface area contributed by atoms with E-state index in [9.17, 15) is 9.90 Å². The fraction of sp³-hybridized carbons (Fsp3) is 0.267. The van der Waals surface area contributed by atoms with Gasteiger partial charge in [0, 0.05) is 5.02 Å². The molecule has 0 aliphatic heterocycles. The van der Waals surface area contributed by atoms with Crippen LogP contribution in [0.3, 0.4) is 0 Å². The second-order valence-corrected chi connectivity index (χ2v) is 4.83. The smallest absolute Gasteiger partial charge is 0.223 e. The Kier molecular flexibility index (Phi) is 5.66. The van der Waals surface area contributed by atoms with E-state index in [4.69, 9.17) is 20.8 Å². The second-order valence-electron chi connectivity index (χ2n) is 4.39. The minimum atomic E-state index is -0.849. The molecule has 0 fully saturated rings. The van der Waals surface area contributed by atoms with E-state index in [0.29, 0.717) is 16.5 Å². The standard InChI is InChI=1S/C15H16ClNO4/c16-11-3-1-4-12(9-11)20-8-6-15(19)17-10-13(18)14-5-2-7-21-14/h1-5,7,9,13,18H,6,8,10H2,(H,17,19). The number of furan rings is 1. The Hall–Kier alpha value is -1.98. The van der Waals surface area contributed by atoms with Gasteiger partial charge in [-0.3, -0.25) is 4.79 Å². The van der Waals surface area contributed by atoms with E-state index in [0.717, 1.165) is 0 Å². The number of carbonyl (C=O) groups is 1. The highest BCUT2D eigenvalue weighted by atomic mass is 35.5. The number of aliphatic hydroxyl groups is 1. The van der Waals surface area contributed by atoms with Crippen LogP contribution < -0.4 is 10.1 Å². The van der Waals surface area contributed by atoms with Crippen molar-refractivity contribution in [3.8, 4) is 5.75 Å². The van der Waals surface area contributed by atoms with Crippen molar-refractivity contribution in [1.82, 2.24) is 5.32 Å². The summed E-state index contributed by atoms with van der Waals surface area (Å²) in [5, 5.41) is 12.9. The molecule has 0 bridgehead atoms. The van der Waals surface area contributed by atoms with Crippen molar-refractivity contribution in [2.45, 2.75) is 12.5 Å². The topological polar surface area (TPSA) is 71.7 Å². The summed E-state index contributed by atoms with van der Waals surface area (Å²) in [7, 11) is 0. The van der Waals surface area contributed by atoms with Gasteiger partial charge in [-0.25, -0.2) is 0 Å². The molecule has 5 nitrogen and oxygen atoms in total. The Labute approximate surface area is 127 Å². The fourth-order valence-corrected chi connectivity index (χ4v) is 1.88. The SMILES string of the molecule is O=C(CCOc1cccc(Cl)c1)NCC(O)c1ccco1. The van der Waals surface area contributed by atoms with Gasteiger partial charge in [-0.05, 0) is 30.3 Å². The molecule has 0 aliphatic carbocycles. The Morgan fingerprint density at radius 1 is 1.38 bits per heavy atom. The van der Waals surface area contributed by atoms with Gasteiger partial charge in [0.2, 0.25) is 5.91 Å². The molecule has 0 saturated carbocycles. The van der Waals surface area contributed by atoms with Gasteiger partial charge < -0.3 is 19.6 Å². The number of hydrogen-bond acceptors (Lipinski definition) is 4. The third kappa shape index (κ3) is 5.13. The molecule has 1 amide bonds. The highest BCUT2D eigenvalue weighted by Crippen LogP contribution is 2.17. The first-order valence-corrected chi connectivity index (χ1v) is 6.89. The van der Waals surface area contributed by atoms with Crippen molar-refractivity contribution in [3.63, 3.8) is 0 Å². The number of halogens is 1. The fourth-order valence-electron chi connectivity index (χ4n) is 1.70. The first kappa shape index (κ1) is 15.4. The summed E-state index contributed by atoms with van der Waals surface area (Å²) >= 11 is 5.82. The summed E-state index contributed by atoms with van der Waals surface area (Å²) in [4.78, 5) is 11.6. The summed E-state index contributed by atoms with van der Waals surface area (Å²) in [6, 6.07) is 10.3. The average molecular weight is 310 g/mol. The largest absolute Gasteiger partial charge is 0.493 e. The first-order chi connectivity index (χ1) is 10.1. The molecule has 1 atom stereocenters. The third-order valence-corrected chi connectivity index (χ3v) is 2.99. The summed E-state index contributed by atoms with van der Waals surface area (Å²) in [5.74, 6) is 0.832. The van der Waals surface area contributed by atoms with Gasteiger partial charge in [-0.2, -0.15) is 0 Å².